The number of fused-ring (bicyclic) bond motifs is 1. The number of aromatic nitrogens is 1. The van der Waals surface area contributed by atoms with E-state index in [2.05, 4.69) is 9.72 Å². The second-order valence-electron chi connectivity index (χ2n) is 7.74. The third-order valence-corrected chi connectivity index (χ3v) is 7.10. The minimum atomic E-state index is -4.87. The average Bonchev–Trinajstić information content (AvgIpc) is 2.86. The molecule has 0 aliphatic heterocycles. The van der Waals surface area contributed by atoms with E-state index in [-0.39, 0.29) is 28.6 Å². The second kappa shape index (κ2) is 9.97. The minimum Gasteiger partial charge on any atom is -0.492 e. The number of halogens is 3. The lowest BCUT2D eigenvalue weighted by Crippen LogP contribution is -2.31. The summed E-state index contributed by atoms with van der Waals surface area (Å²) < 4.78 is 75.6. The van der Waals surface area contributed by atoms with Crippen LogP contribution >= 0.6 is 0 Å². The number of carbonyl (C=O) groups is 1. The number of benzene rings is 3. The topological polar surface area (TPSA) is 106 Å². The third-order valence-electron chi connectivity index (χ3n) is 5.35. The maximum atomic E-state index is 13.8. The number of methoxy groups -OCH3 is 1. The first-order chi connectivity index (χ1) is 17.5. The molecule has 0 radical (unpaired) electrons. The van der Waals surface area contributed by atoms with Gasteiger partial charge in [-0.2, -0.15) is 0 Å². The van der Waals surface area contributed by atoms with Gasteiger partial charge in [-0.25, -0.2) is 22.5 Å². The van der Waals surface area contributed by atoms with E-state index in [9.17, 15) is 26.4 Å². The molecule has 0 aliphatic rings. The number of ether oxygens (including phenoxy) is 2. The number of nitrogens with zero attached hydrogens (tertiary/aromatic N) is 2. The largest absolute Gasteiger partial charge is 0.573 e. The van der Waals surface area contributed by atoms with Gasteiger partial charge in [-0.1, -0.05) is 36.4 Å². The number of anilines is 1. The van der Waals surface area contributed by atoms with Gasteiger partial charge in [0.05, 0.1) is 24.1 Å². The van der Waals surface area contributed by atoms with Crippen LogP contribution in [0.15, 0.2) is 83.9 Å². The molecule has 3 aromatic carbocycles. The Balaban J connectivity index is 1.82. The zero-order valence-electron chi connectivity index (χ0n) is 19.1. The molecule has 0 spiro atoms. The molecule has 192 valence electrons. The van der Waals surface area contributed by atoms with Gasteiger partial charge in [0.25, 0.3) is 10.0 Å². The molecule has 0 bridgehead atoms. The number of aromatic carboxylic acids is 1. The number of hydrogen-bond donors (Lipinski definition) is 1. The summed E-state index contributed by atoms with van der Waals surface area (Å²) >= 11 is 0. The van der Waals surface area contributed by atoms with Crippen LogP contribution in [0.3, 0.4) is 0 Å². The predicted octanol–water partition coefficient (Wildman–Crippen LogP) is 5.24. The van der Waals surface area contributed by atoms with E-state index in [0.29, 0.717) is 16.3 Å². The van der Waals surface area contributed by atoms with Crippen molar-refractivity contribution in [1.82, 2.24) is 4.98 Å². The van der Waals surface area contributed by atoms with Crippen molar-refractivity contribution in [2.75, 3.05) is 11.4 Å². The molecular formula is C25H19F3N2O6S. The first kappa shape index (κ1) is 25.8. The first-order valence-electron chi connectivity index (χ1n) is 10.6. The Kier molecular flexibility index (Phi) is 6.94. The van der Waals surface area contributed by atoms with Gasteiger partial charge in [0, 0.05) is 17.0 Å². The van der Waals surface area contributed by atoms with Crippen molar-refractivity contribution in [3.05, 3.63) is 90.1 Å². The van der Waals surface area contributed by atoms with E-state index in [1.807, 2.05) is 0 Å². The van der Waals surface area contributed by atoms with Crippen molar-refractivity contribution in [1.29, 1.82) is 0 Å². The van der Waals surface area contributed by atoms with Crippen LogP contribution in [0.2, 0.25) is 0 Å². The van der Waals surface area contributed by atoms with Crippen LogP contribution in [0.5, 0.6) is 11.5 Å². The Morgan fingerprint density at radius 2 is 1.65 bits per heavy atom. The lowest BCUT2D eigenvalue weighted by Gasteiger charge is -2.26. The van der Waals surface area contributed by atoms with Crippen molar-refractivity contribution in [2.24, 2.45) is 0 Å². The standard InChI is InChI=1S/C25H19F3N2O6S/c1-35-22-21-5-3-2-4-18(21)14-29-23(22)30(15-16-6-10-19(11-7-16)36-25(26,27)28)37(33,34)20-12-8-17(9-13-20)24(31)32/h2-14H,15H2,1H3,(H,31,32). The Bertz CT molecular complexity index is 1540. The highest BCUT2D eigenvalue weighted by Crippen LogP contribution is 2.37. The van der Waals surface area contributed by atoms with Crippen LogP contribution in [0.1, 0.15) is 15.9 Å². The monoisotopic (exact) mass is 532 g/mol. The molecule has 0 saturated carbocycles. The number of carboxylic acid groups (broad SMARTS) is 1. The molecule has 0 fully saturated rings. The molecule has 37 heavy (non-hydrogen) atoms. The second-order valence-corrected chi connectivity index (χ2v) is 9.60. The molecule has 0 saturated heterocycles. The number of sulfonamides is 1. The maximum Gasteiger partial charge on any atom is 0.573 e. The summed E-state index contributed by atoms with van der Waals surface area (Å²) in [5, 5.41) is 10.4. The van der Waals surface area contributed by atoms with Gasteiger partial charge in [0.2, 0.25) is 0 Å². The van der Waals surface area contributed by atoms with Crippen molar-refractivity contribution in [2.45, 2.75) is 17.8 Å². The Hall–Kier alpha value is -4.32. The molecule has 8 nitrogen and oxygen atoms in total. The highest BCUT2D eigenvalue weighted by Gasteiger charge is 2.32. The minimum absolute atomic E-state index is 0.0564. The molecule has 0 atom stereocenters. The van der Waals surface area contributed by atoms with E-state index in [0.717, 1.165) is 40.7 Å². The number of rotatable bonds is 8. The number of pyridine rings is 1. The normalized spacial score (nSPS) is 11.8. The van der Waals surface area contributed by atoms with E-state index < -0.39 is 28.1 Å². The summed E-state index contributed by atoms with van der Waals surface area (Å²) in [5.41, 5.74) is 0.226. The first-order valence-corrected chi connectivity index (χ1v) is 12.1. The van der Waals surface area contributed by atoms with Gasteiger partial charge in [-0.05, 0) is 42.0 Å². The summed E-state index contributed by atoms with van der Waals surface area (Å²) in [6.45, 7) is -0.322. The summed E-state index contributed by atoms with van der Waals surface area (Å²) in [5.74, 6) is -1.57. The van der Waals surface area contributed by atoms with Crippen molar-refractivity contribution in [3.8, 4) is 11.5 Å². The average molecular weight is 532 g/mol. The van der Waals surface area contributed by atoms with Gasteiger partial charge in [0.1, 0.15) is 5.75 Å². The van der Waals surface area contributed by atoms with Gasteiger partial charge in [0.15, 0.2) is 11.6 Å². The van der Waals surface area contributed by atoms with Crippen LogP contribution in [0.25, 0.3) is 10.8 Å². The van der Waals surface area contributed by atoms with Crippen LogP contribution in [-0.2, 0) is 16.6 Å². The van der Waals surface area contributed by atoms with Crippen molar-refractivity contribution >= 4 is 32.6 Å². The number of alkyl halides is 3. The fourth-order valence-electron chi connectivity index (χ4n) is 3.64. The Morgan fingerprint density at radius 1 is 1.00 bits per heavy atom. The SMILES string of the molecule is COc1c(N(Cc2ccc(OC(F)(F)F)cc2)S(=O)(=O)c2ccc(C(=O)O)cc2)ncc2ccccc12. The third kappa shape index (κ3) is 5.59. The highest BCUT2D eigenvalue weighted by molar-refractivity contribution is 7.92. The van der Waals surface area contributed by atoms with E-state index in [1.54, 1.807) is 24.3 Å². The molecular weight excluding hydrogens is 513 g/mol. The maximum absolute atomic E-state index is 13.8. The Morgan fingerprint density at radius 3 is 2.24 bits per heavy atom. The van der Waals surface area contributed by atoms with E-state index in [4.69, 9.17) is 9.84 Å². The van der Waals surface area contributed by atoms with Gasteiger partial charge in [-0.3, -0.25) is 0 Å². The smallest absolute Gasteiger partial charge is 0.492 e. The van der Waals surface area contributed by atoms with E-state index >= 15 is 0 Å². The predicted molar refractivity (Wildman–Crippen MR) is 128 cm³/mol. The van der Waals surface area contributed by atoms with Crippen molar-refractivity contribution < 1.29 is 41.0 Å². The van der Waals surface area contributed by atoms with Crippen molar-refractivity contribution in [3.63, 3.8) is 0 Å². The lowest BCUT2D eigenvalue weighted by atomic mass is 10.1. The number of hydrogen-bond acceptors (Lipinski definition) is 6. The summed E-state index contributed by atoms with van der Waals surface area (Å²) in [6, 6.07) is 16.4. The highest BCUT2D eigenvalue weighted by atomic mass is 32.2. The fraction of sp³-hybridized carbons (Fsp3) is 0.120. The van der Waals surface area contributed by atoms with Gasteiger partial charge >= 0.3 is 12.3 Å². The van der Waals surface area contributed by atoms with Crippen LogP contribution < -0.4 is 13.8 Å². The zero-order valence-corrected chi connectivity index (χ0v) is 20.0. The Labute approximate surface area is 209 Å². The fourth-order valence-corrected chi connectivity index (χ4v) is 5.05. The zero-order chi connectivity index (χ0) is 26.8. The molecule has 1 N–H and O–H groups in total. The molecule has 4 rings (SSSR count). The molecule has 0 unspecified atom stereocenters. The summed E-state index contributed by atoms with van der Waals surface area (Å²) in [4.78, 5) is 15.3. The molecule has 12 heteroatoms. The van der Waals surface area contributed by atoms with Crippen LogP contribution in [0.4, 0.5) is 19.0 Å². The molecule has 1 heterocycles. The summed E-state index contributed by atoms with van der Waals surface area (Å²) in [7, 11) is -2.98. The van der Waals surface area contributed by atoms with Crippen LogP contribution in [-0.4, -0.2) is 37.9 Å². The molecule has 4 aromatic rings. The van der Waals surface area contributed by atoms with Crippen LogP contribution in [0, 0.1) is 0 Å². The summed E-state index contributed by atoms with van der Waals surface area (Å²) in [6.07, 6.45) is -3.40. The molecule has 0 amide bonds. The quantitative estimate of drug-likeness (QED) is 0.331. The lowest BCUT2D eigenvalue weighted by molar-refractivity contribution is -0.274. The molecule has 0 aliphatic carbocycles. The van der Waals surface area contributed by atoms with Gasteiger partial charge < -0.3 is 14.6 Å². The van der Waals surface area contributed by atoms with Gasteiger partial charge in [-0.15, -0.1) is 13.2 Å². The molecule has 1 aromatic heterocycles. The number of carboxylic acids is 1. The van der Waals surface area contributed by atoms with E-state index in [1.165, 1.54) is 25.4 Å².